The SMILES string of the molecule is Nc1c(NNC(=O)c2cccc3ccccc23)ncnc1Nc1cccnc1Cl. The van der Waals surface area contributed by atoms with Gasteiger partial charge in [-0.1, -0.05) is 48.0 Å². The summed E-state index contributed by atoms with van der Waals surface area (Å²) in [6.07, 6.45) is 2.89. The van der Waals surface area contributed by atoms with Crippen molar-refractivity contribution >= 4 is 51.3 Å². The molecule has 0 aliphatic rings. The Bertz CT molecular complexity index is 1190. The van der Waals surface area contributed by atoms with E-state index >= 15 is 0 Å². The highest BCUT2D eigenvalue weighted by atomic mass is 35.5. The molecule has 0 saturated carbocycles. The minimum atomic E-state index is -0.315. The Morgan fingerprint density at radius 1 is 0.931 bits per heavy atom. The van der Waals surface area contributed by atoms with E-state index in [4.69, 9.17) is 17.3 Å². The number of hydrogen-bond acceptors (Lipinski definition) is 7. The van der Waals surface area contributed by atoms with Crippen LogP contribution in [0.15, 0.2) is 67.1 Å². The number of carbonyl (C=O) groups excluding carboxylic acids is 1. The molecule has 144 valence electrons. The van der Waals surface area contributed by atoms with Crippen LogP contribution in [0.5, 0.6) is 0 Å². The van der Waals surface area contributed by atoms with Gasteiger partial charge in [-0.2, -0.15) is 0 Å². The van der Waals surface area contributed by atoms with Crippen LogP contribution in [0.1, 0.15) is 10.4 Å². The van der Waals surface area contributed by atoms with Crippen LogP contribution in [-0.2, 0) is 0 Å². The quantitative estimate of drug-likeness (QED) is 0.295. The number of anilines is 4. The molecular weight excluding hydrogens is 390 g/mol. The van der Waals surface area contributed by atoms with Crippen molar-refractivity contribution in [2.75, 3.05) is 16.5 Å². The van der Waals surface area contributed by atoms with Gasteiger partial charge >= 0.3 is 0 Å². The molecule has 0 bridgehead atoms. The van der Waals surface area contributed by atoms with E-state index in [1.54, 1.807) is 24.4 Å². The number of pyridine rings is 1. The molecule has 0 fully saturated rings. The van der Waals surface area contributed by atoms with E-state index in [-0.39, 0.29) is 22.6 Å². The van der Waals surface area contributed by atoms with Crippen molar-refractivity contribution in [2.24, 2.45) is 0 Å². The summed E-state index contributed by atoms with van der Waals surface area (Å²) in [5, 5.41) is 5.10. The highest BCUT2D eigenvalue weighted by molar-refractivity contribution is 6.32. The molecule has 0 aliphatic heterocycles. The van der Waals surface area contributed by atoms with Crippen LogP contribution in [-0.4, -0.2) is 20.9 Å². The van der Waals surface area contributed by atoms with Gasteiger partial charge in [0.1, 0.15) is 12.0 Å². The fraction of sp³-hybridized carbons (Fsp3) is 0. The first-order chi connectivity index (χ1) is 14.1. The Hall–Kier alpha value is -3.91. The summed E-state index contributed by atoms with van der Waals surface area (Å²) in [4.78, 5) is 24.9. The molecule has 2 aromatic carbocycles. The van der Waals surface area contributed by atoms with Crippen LogP contribution >= 0.6 is 11.6 Å². The van der Waals surface area contributed by atoms with Crippen LogP contribution in [0.25, 0.3) is 10.8 Å². The van der Waals surface area contributed by atoms with Crippen molar-refractivity contribution in [1.29, 1.82) is 0 Å². The lowest BCUT2D eigenvalue weighted by Crippen LogP contribution is -2.30. The summed E-state index contributed by atoms with van der Waals surface area (Å²) in [6, 6.07) is 16.6. The Morgan fingerprint density at radius 3 is 2.59 bits per heavy atom. The predicted octanol–water partition coefficient (Wildman–Crippen LogP) is 3.76. The summed E-state index contributed by atoms with van der Waals surface area (Å²) >= 11 is 6.05. The van der Waals surface area contributed by atoms with Crippen molar-refractivity contribution in [3.8, 4) is 0 Å². The first kappa shape index (κ1) is 18.5. The van der Waals surface area contributed by atoms with Crippen molar-refractivity contribution < 1.29 is 4.79 Å². The highest BCUT2D eigenvalue weighted by Crippen LogP contribution is 2.28. The number of amides is 1. The van der Waals surface area contributed by atoms with Crippen LogP contribution in [0.2, 0.25) is 5.15 Å². The lowest BCUT2D eigenvalue weighted by atomic mass is 10.0. The minimum absolute atomic E-state index is 0.214. The van der Waals surface area contributed by atoms with Gasteiger partial charge < -0.3 is 11.1 Å². The third-order valence-electron chi connectivity index (χ3n) is 4.22. The lowest BCUT2D eigenvalue weighted by molar-refractivity contribution is 0.0964. The molecule has 0 radical (unpaired) electrons. The number of nitrogen functional groups attached to an aromatic ring is 1. The standard InChI is InChI=1S/C20H16ClN7O/c21-17-15(9-4-10-23-17)26-18-16(22)19(25-11-24-18)27-28-20(29)14-8-3-6-12-5-1-2-7-13(12)14/h1-11H,22H2,(H,28,29)(H2,24,25,26,27). The fourth-order valence-electron chi connectivity index (χ4n) is 2.81. The van der Waals surface area contributed by atoms with Gasteiger partial charge in [0, 0.05) is 11.8 Å². The number of fused-ring (bicyclic) bond motifs is 1. The van der Waals surface area contributed by atoms with Crippen LogP contribution in [0.4, 0.5) is 23.0 Å². The molecule has 0 aliphatic carbocycles. The van der Waals surface area contributed by atoms with Crippen molar-refractivity contribution in [3.05, 3.63) is 77.8 Å². The molecule has 1 amide bonds. The number of halogens is 1. The number of nitrogens with two attached hydrogens (primary N) is 1. The molecule has 9 heteroatoms. The maximum absolute atomic E-state index is 12.7. The number of aromatic nitrogens is 3. The van der Waals surface area contributed by atoms with Crippen molar-refractivity contribution in [1.82, 2.24) is 20.4 Å². The Balaban J connectivity index is 1.53. The van der Waals surface area contributed by atoms with Gasteiger partial charge in [-0.25, -0.2) is 15.0 Å². The number of hydrazine groups is 1. The van der Waals surface area contributed by atoms with Gasteiger partial charge in [0.15, 0.2) is 16.8 Å². The molecule has 29 heavy (non-hydrogen) atoms. The minimum Gasteiger partial charge on any atom is -0.393 e. The molecule has 2 heterocycles. The number of benzene rings is 2. The number of nitrogens with zero attached hydrogens (tertiary/aromatic N) is 3. The Kier molecular flexibility index (Phi) is 5.08. The van der Waals surface area contributed by atoms with Gasteiger partial charge in [0.05, 0.1) is 5.69 Å². The van der Waals surface area contributed by atoms with Crippen LogP contribution in [0.3, 0.4) is 0 Å². The average molecular weight is 406 g/mol. The van der Waals surface area contributed by atoms with E-state index in [1.165, 1.54) is 6.33 Å². The molecule has 4 aromatic rings. The zero-order valence-corrected chi connectivity index (χ0v) is 15.8. The number of hydrogen-bond donors (Lipinski definition) is 4. The topological polar surface area (TPSA) is 118 Å². The first-order valence-corrected chi connectivity index (χ1v) is 9.03. The molecule has 5 N–H and O–H groups in total. The van der Waals surface area contributed by atoms with Gasteiger partial charge in [0.2, 0.25) is 0 Å². The third kappa shape index (κ3) is 3.87. The molecule has 0 saturated heterocycles. The number of nitrogens with one attached hydrogen (secondary N) is 3. The maximum atomic E-state index is 12.7. The van der Waals surface area contributed by atoms with Crippen LogP contribution in [0, 0.1) is 0 Å². The molecule has 8 nitrogen and oxygen atoms in total. The van der Waals surface area contributed by atoms with Gasteiger partial charge in [0.25, 0.3) is 5.91 Å². The van der Waals surface area contributed by atoms with E-state index < -0.39 is 0 Å². The largest absolute Gasteiger partial charge is 0.393 e. The second-order valence-corrected chi connectivity index (χ2v) is 6.42. The van der Waals surface area contributed by atoms with Gasteiger partial charge in [-0.15, -0.1) is 0 Å². The molecule has 0 unspecified atom stereocenters. The van der Waals surface area contributed by atoms with Crippen molar-refractivity contribution in [2.45, 2.75) is 0 Å². The normalized spacial score (nSPS) is 10.5. The molecule has 2 aromatic heterocycles. The van der Waals surface area contributed by atoms with E-state index in [0.29, 0.717) is 17.1 Å². The maximum Gasteiger partial charge on any atom is 0.270 e. The fourth-order valence-corrected chi connectivity index (χ4v) is 2.97. The Morgan fingerprint density at radius 2 is 1.72 bits per heavy atom. The monoisotopic (exact) mass is 405 g/mol. The Labute approximate surface area is 171 Å². The summed E-state index contributed by atoms with van der Waals surface area (Å²) in [5.41, 5.74) is 12.8. The third-order valence-corrected chi connectivity index (χ3v) is 4.53. The highest BCUT2D eigenvalue weighted by Gasteiger charge is 2.13. The number of carbonyl (C=O) groups is 1. The smallest absolute Gasteiger partial charge is 0.270 e. The summed E-state index contributed by atoms with van der Waals surface area (Å²) in [6.45, 7) is 0. The molecule has 0 atom stereocenters. The number of rotatable bonds is 5. The second-order valence-electron chi connectivity index (χ2n) is 6.06. The van der Waals surface area contributed by atoms with E-state index in [0.717, 1.165) is 10.8 Å². The predicted molar refractivity (Wildman–Crippen MR) is 114 cm³/mol. The van der Waals surface area contributed by atoms with Gasteiger partial charge in [-0.3, -0.25) is 15.6 Å². The van der Waals surface area contributed by atoms with E-state index in [9.17, 15) is 4.79 Å². The summed E-state index contributed by atoms with van der Waals surface area (Å²) < 4.78 is 0. The molecular formula is C20H16ClN7O. The van der Waals surface area contributed by atoms with Gasteiger partial charge in [-0.05, 0) is 29.0 Å². The van der Waals surface area contributed by atoms with E-state index in [2.05, 4.69) is 31.1 Å². The molecule has 4 rings (SSSR count). The van der Waals surface area contributed by atoms with Crippen molar-refractivity contribution in [3.63, 3.8) is 0 Å². The first-order valence-electron chi connectivity index (χ1n) is 8.65. The lowest BCUT2D eigenvalue weighted by Gasteiger charge is -2.14. The zero-order valence-electron chi connectivity index (χ0n) is 15.1. The summed E-state index contributed by atoms with van der Waals surface area (Å²) in [7, 11) is 0. The average Bonchev–Trinajstić information content (AvgIpc) is 2.75. The van der Waals surface area contributed by atoms with E-state index in [1.807, 2.05) is 36.4 Å². The molecule has 0 spiro atoms. The second kappa shape index (κ2) is 7.99. The zero-order chi connectivity index (χ0) is 20.2. The summed E-state index contributed by atoms with van der Waals surface area (Å²) in [5.74, 6) is 0.262. The van der Waals surface area contributed by atoms with Crippen LogP contribution < -0.4 is 21.9 Å².